The molecule has 0 radical (unpaired) electrons. The Morgan fingerprint density at radius 1 is 1.33 bits per heavy atom. The number of hydrogen-bond acceptors (Lipinski definition) is 6. The third-order valence-corrected chi connectivity index (χ3v) is 2.42. The number of carbonyl (C=O) groups is 2. The van der Waals surface area contributed by atoms with Crippen molar-refractivity contribution in [3.63, 3.8) is 0 Å². The summed E-state index contributed by atoms with van der Waals surface area (Å²) in [4.78, 5) is 23.9. The number of carboxylic acid groups (broad SMARTS) is 1. The Hall–Kier alpha value is -3.17. The smallest absolute Gasteiger partial charge is 0.339 e. The van der Waals surface area contributed by atoms with Crippen molar-refractivity contribution in [1.29, 1.82) is 0 Å². The highest BCUT2D eigenvalue weighted by atomic mass is 16.5. The molecule has 0 spiro atoms. The molecule has 1 aromatic carbocycles. The number of urea groups is 1. The van der Waals surface area contributed by atoms with Crippen LogP contribution in [-0.4, -0.2) is 44.4 Å². The van der Waals surface area contributed by atoms with Gasteiger partial charge in [-0.25, -0.2) is 9.59 Å². The van der Waals surface area contributed by atoms with Crippen LogP contribution in [-0.2, 0) is 7.05 Å². The minimum absolute atomic E-state index is 0.000879. The van der Waals surface area contributed by atoms with E-state index in [4.69, 9.17) is 9.84 Å². The fourth-order valence-corrected chi connectivity index (χ4v) is 1.54. The number of methoxy groups -OCH3 is 1. The van der Waals surface area contributed by atoms with Crippen LogP contribution >= 0.6 is 0 Å². The first-order valence-electron chi connectivity index (χ1n) is 5.73. The van der Waals surface area contributed by atoms with Crippen LogP contribution in [0.5, 0.6) is 5.75 Å². The molecule has 0 fully saturated rings. The molecule has 0 atom stereocenters. The van der Waals surface area contributed by atoms with Crippen molar-refractivity contribution in [1.82, 2.24) is 20.2 Å². The fraction of sp³-hybridized carbons (Fsp3) is 0.182. The SMILES string of the molecule is COc1cc(NC(=O)Nc2nnn(C)n2)ccc1C(=O)O. The monoisotopic (exact) mass is 292 g/mol. The van der Waals surface area contributed by atoms with Gasteiger partial charge in [0.1, 0.15) is 11.3 Å². The number of hydrogen-bond donors (Lipinski definition) is 3. The summed E-state index contributed by atoms with van der Waals surface area (Å²) in [6, 6.07) is 3.58. The first-order valence-corrected chi connectivity index (χ1v) is 5.73. The Kier molecular flexibility index (Phi) is 3.97. The van der Waals surface area contributed by atoms with E-state index in [1.807, 2.05) is 0 Å². The Balaban J connectivity index is 2.08. The third kappa shape index (κ3) is 3.43. The van der Waals surface area contributed by atoms with Crippen molar-refractivity contribution in [2.24, 2.45) is 7.05 Å². The van der Waals surface area contributed by atoms with E-state index in [-0.39, 0.29) is 17.3 Å². The Bertz CT molecular complexity index is 683. The van der Waals surface area contributed by atoms with Gasteiger partial charge in [0.15, 0.2) is 0 Å². The molecule has 0 saturated carbocycles. The molecule has 0 saturated heterocycles. The highest BCUT2D eigenvalue weighted by Crippen LogP contribution is 2.23. The Labute approximate surface area is 118 Å². The normalized spacial score (nSPS) is 10.0. The number of nitrogens with one attached hydrogen (secondary N) is 2. The molecular formula is C11H12N6O4. The Morgan fingerprint density at radius 3 is 2.67 bits per heavy atom. The van der Waals surface area contributed by atoms with Gasteiger partial charge in [0.05, 0.1) is 14.2 Å². The van der Waals surface area contributed by atoms with Crippen LogP contribution in [0.2, 0.25) is 0 Å². The van der Waals surface area contributed by atoms with Gasteiger partial charge in [-0.3, -0.25) is 5.32 Å². The largest absolute Gasteiger partial charge is 0.496 e. The molecule has 2 amide bonds. The summed E-state index contributed by atoms with van der Waals surface area (Å²) in [6.07, 6.45) is 0. The highest BCUT2D eigenvalue weighted by Gasteiger charge is 2.13. The van der Waals surface area contributed by atoms with Gasteiger partial charge in [-0.1, -0.05) is 5.10 Å². The van der Waals surface area contributed by atoms with Crippen molar-refractivity contribution in [3.8, 4) is 5.75 Å². The number of tetrazole rings is 1. The predicted molar refractivity (Wildman–Crippen MR) is 71.4 cm³/mol. The molecule has 0 aliphatic rings. The highest BCUT2D eigenvalue weighted by molar-refractivity contribution is 5.99. The minimum Gasteiger partial charge on any atom is -0.496 e. The molecule has 2 rings (SSSR count). The molecular weight excluding hydrogens is 280 g/mol. The molecule has 21 heavy (non-hydrogen) atoms. The van der Waals surface area contributed by atoms with Crippen LogP contribution in [0.4, 0.5) is 16.4 Å². The molecule has 1 aromatic heterocycles. The number of aromatic carboxylic acids is 1. The second kappa shape index (κ2) is 5.86. The lowest BCUT2D eigenvalue weighted by Gasteiger charge is -2.09. The summed E-state index contributed by atoms with van der Waals surface area (Å²) in [7, 11) is 2.90. The summed E-state index contributed by atoms with van der Waals surface area (Å²) >= 11 is 0. The maximum absolute atomic E-state index is 11.7. The number of carboxylic acids is 1. The standard InChI is InChI=1S/C11H12N6O4/c1-17-15-10(14-16-17)13-11(20)12-6-3-4-7(9(18)19)8(5-6)21-2/h3-5H,1-2H3,(H,18,19)(H2,12,13,15,20). The van der Waals surface area contributed by atoms with Crippen molar-refractivity contribution in [2.45, 2.75) is 0 Å². The molecule has 2 aromatic rings. The van der Waals surface area contributed by atoms with E-state index in [2.05, 4.69) is 26.0 Å². The summed E-state index contributed by atoms with van der Waals surface area (Å²) in [6.45, 7) is 0. The zero-order chi connectivity index (χ0) is 15.4. The van der Waals surface area contributed by atoms with Crippen LogP contribution in [0.1, 0.15) is 10.4 Å². The molecule has 0 aliphatic heterocycles. The lowest BCUT2D eigenvalue weighted by Crippen LogP contribution is -2.20. The molecule has 0 aliphatic carbocycles. The van der Waals surface area contributed by atoms with E-state index in [9.17, 15) is 9.59 Å². The quantitative estimate of drug-likeness (QED) is 0.750. The molecule has 0 bridgehead atoms. The van der Waals surface area contributed by atoms with Gasteiger partial charge in [0, 0.05) is 11.8 Å². The van der Waals surface area contributed by atoms with Crippen molar-refractivity contribution < 1.29 is 19.4 Å². The average Bonchev–Trinajstić information content (AvgIpc) is 2.83. The van der Waals surface area contributed by atoms with E-state index in [0.717, 1.165) is 0 Å². The van der Waals surface area contributed by atoms with Gasteiger partial charge >= 0.3 is 12.0 Å². The van der Waals surface area contributed by atoms with Crippen LogP contribution in [0.15, 0.2) is 18.2 Å². The van der Waals surface area contributed by atoms with Crippen molar-refractivity contribution in [2.75, 3.05) is 17.7 Å². The first kappa shape index (κ1) is 14.2. The molecule has 10 nitrogen and oxygen atoms in total. The number of aromatic nitrogens is 4. The van der Waals surface area contributed by atoms with E-state index < -0.39 is 12.0 Å². The van der Waals surface area contributed by atoms with Crippen molar-refractivity contribution >= 4 is 23.6 Å². The first-order chi connectivity index (χ1) is 9.99. The van der Waals surface area contributed by atoms with E-state index in [1.54, 1.807) is 7.05 Å². The van der Waals surface area contributed by atoms with Crippen LogP contribution in [0.3, 0.4) is 0 Å². The molecule has 10 heteroatoms. The molecule has 0 unspecified atom stereocenters. The Morgan fingerprint density at radius 2 is 2.10 bits per heavy atom. The number of ether oxygens (including phenoxy) is 1. The molecule has 110 valence electrons. The van der Waals surface area contributed by atoms with Gasteiger partial charge in [-0.2, -0.15) is 4.80 Å². The maximum atomic E-state index is 11.7. The summed E-state index contributed by atoms with van der Waals surface area (Å²) in [5, 5.41) is 24.8. The number of anilines is 2. The minimum atomic E-state index is -1.12. The number of carbonyl (C=O) groups excluding carboxylic acids is 1. The third-order valence-electron chi connectivity index (χ3n) is 2.42. The topological polar surface area (TPSA) is 131 Å². The van der Waals surface area contributed by atoms with Gasteiger partial charge in [0.25, 0.3) is 5.95 Å². The zero-order valence-electron chi connectivity index (χ0n) is 11.2. The maximum Gasteiger partial charge on any atom is 0.339 e. The predicted octanol–water partition coefficient (Wildman–Crippen LogP) is 0.561. The summed E-state index contributed by atoms with van der Waals surface area (Å²) in [5.74, 6) is -0.936. The van der Waals surface area contributed by atoms with Crippen LogP contribution in [0, 0.1) is 0 Å². The summed E-state index contributed by atoms with van der Waals surface area (Å²) in [5.41, 5.74) is 0.359. The summed E-state index contributed by atoms with van der Waals surface area (Å²) < 4.78 is 4.96. The van der Waals surface area contributed by atoms with Crippen molar-refractivity contribution in [3.05, 3.63) is 23.8 Å². The average molecular weight is 292 g/mol. The number of amides is 2. The van der Waals surface area contributed by atoms with Gasteiger partial charge in [-0.05, 0) is 17.3 Å². The molecule has 3 N–H and O–H groups in total. The van der Waals surface area contributed by atoms with E-state index in [0.29, 0.717) is 5.69 Å². The lowest BCUT2D eigenvalue weighted by atomic mass is 10.2. The van der Waals surface area contributed by atoms with Gasteiger partial charge in [0.2, 0.25) is 0 Å². The number of rotatable bonds is 4. The van der Waals surface area contributed by atoms with E-state index in [1.165, 1.54) is 30.1 Å². The lowest BCUT2D eigenvalue weighted by molar-refractivity contribution is 0.0693. The van der Waals surface area contributed by atoms with E-state index >= 15 is 0 Å². The van der Waals surface area contributed by atoms with Gasteiger partial charge in [-0.15, -0.1) is 5.10 Å². The number of nitrogens with zero attached hydrogens (tertiary/aromatic N) is 4. The van der Waals surface area contributed by atoms with Crippen LogP contribution < -0.4 is 15.4 Å². The second-order valence-corrected chi connectivity index (χ2v) is 3.90. The van der Waals surface area contributed by atoms with Gasteiger partial charge < -0.3 is 15.2 Å². The number of benzene rings is 1. The van der Waals surface area contributed by atoms with Crippen LogP contribution in [0.25, 0.3) is 0 Å². The fourth-order valence-electron chi connectivity index (χ4n) is 1.54. The number of aryl methyl sites for hydroxylation is 1. The zero-order valence-corrected chi connectivity index (χ0v) is 11.2. The molecule has 1 heterocycles. The second-order valence-electron chi connectivity index (χ2n) is 3.90.